The van der Waals surface area contributed by atoms with Crippen molar-refractivity contribution < 1.29 is 9.59 Å². The van der Waals surface area contributed by atoms with Gasteiger partial charge in [0.05, 0.1) is 6.42 Å². The van der Waals surface area contributed by atoms with E-state index in [1.54, 1.807) is 42.4 Å². The highest BCUT2D eigenvalue weighted by Crippen LogP contribution is 2.29. The summed E-state index contributed by atoms with van der Waals surface area (Å²) in [4.78, 5) is 34.4. The molecule has 2 aliphatic heterocycles. The van der Waals surface area contributed by atoms with Crippen molar-refractivity contribution in [3.63, 3.8) is 0 Å². The molecule has 2 amide bonds. The molecule has 0 saturated carbocycles. The Hall–Kier alpha value is -2.76. The number of allylic oxidation sites excluding steroid dienone is 2. The maximum Gasteiger partial charge on any atom is 0.252 e. The molecule has 2 aliphatic rings. The van der Waals surface area contributed by atoms with Crippen LogP contribution in [0, 0.1) is 6.92 Å². The van der Waals surface area contributed by atoms with Crippen molar-refractivity contribution in [2.45, 2.75) is 25.8 Å². The number of aliphatic imine (C=N–C) groups is 1. The van der Waals surface area contributed by atoms with Gasteiger partial charge in [-0.25, -0.2) is 4.98 Å². The Morgan fingerprint density at radius 1 is 1.36 bits per heavy atom. The highest BCUT2D eigenvalue weighted by atomic mass is 16.2. The number of hydrogen-bond acceptors (Lipinski definition) is 4. The number of aryl methyl sites for hydroxylation is 1. The predicted octanol–water partition coefficient (Wildman–Crippen LogP) is 1.80. The molecule has 1 N–H and O–H groups in total. The van der Waals surface area contributed by atoms with Crippen molar-refractivity contribution >= 4 is 23.5 Å². The van der Waals surface area contributed by atoms with Crippen LogP contribution in [-0.2, 0) is 9.59 Å². The fraction of sp³-hybridized carbons (Fsp3) is 0.250. The van der Waals surface area contributed by atoms with Gasteiger partial charge in [-0.1, -0.05) is 12.1 Å². The minimum atomic E-state index is -1.03. The Kier molecular flexibility index (Phi) is 3.36. The Labute approximate surface area is 128 Å². The lowest BCUT2D eigenvalue weighted by molar-refractivity contribution is -0.130. The van der Waals surface area contributed by atoms with Crippen molar-refractivity contribution in [3.05, 3.63) is 48.3 Å². The van der Waals surface area contributed by atoms with Gasteiger partial charge in [0.15, 0.2) is 0 Å². The Bertz CT molecular complexity index is 718. The molecule has 0 aromatic carbocycles. The van der Waals surface area contributed by atoms with E-state index in [-0.39, 0.29) is 18.2 Å². The van der Waals surface area contributed by atoms with Crippen LogP contribution in [0.3, 0.4) is 0 Å². The van der Waals surface area contributed by atoms with Crippen molar-refractivity contribution in [2.75, 3.05) is 5.32 Å². The van der Waals surface area contributed by atoms with Crippen LogP contribution in [0.25, 0.3) is 0 Å². The monoisotopic (exact) mass is 296 g/mol. The third-order valence-electron chi connectivity index (χ3n) is 3.75. The number of carbonyl (C=O) groups is 2. The summed E-state index contributed by atoms with van der Waals surface area (Å²) in [6.45, 7) is 3.65. The van der Waals surface area contributed by atoms with Gasteiger partial charge in [-0.05, 0) is 37.6 Å². The summed E-state index contributed by atoms with van der Waals surface area (Å²) in [7, 11) is 0. The summed E-state index contributed by atoms with van der Waals surface area (Å²) in [5.74, 6) is 0.350. The fourth-order valence-electron chi connectivity index (χ4n) is 2.47. The lowest BCUT2D eigenvalue weighted by atomic mass is 9.91. The molecule has 3 rings (SSSR count). The van der Waals surface area contributed by atoms with E-state index >= 15 is 0 Å². The van der Waals surface area contributed by atoms with E-state index in [4.69, 9.17) is 0 Å². The van der Waals surface area contributed by atoms with Gasteiger partial charge in [0, 0.05) is 12.4 Å². The van der Waals surface area contributed by atoms with Crippen LogP contribution in [0.2, 0.25) is 0 Å². The first-order chi connectivity index (χ1) is 10.5. The first-order valence-electron chi connectivity index (χ1n) is 6.99. The molecule has 22 heavy (non-hydrogen) atoms. The zero-order chi connectivity index (χ0) is 15.7. The van der Waals surface area contributed by atoms with Crippen LogP contribution in [0.1, 0.15) is 18.9 Å². The summed E-state index contributed by atoms with van der Waals surface area (Å²) in [6, 6.07) is 3.61. The maximum atomic E-state index is 12.7. The van der Waals surface area contributed by atoms with Crippen molar-refractivity contribution in [3.8, 4) is 0 Å². The molecule has 112 valence electrons. The van der Waals surface area contributed by atoms with Crippen LogP contribution in [-0.4, -0.2) is 33.1 Å². The molecule has 6 heteroatoms. The van der Waals surface area contributed by atoms with Gasteiger partial charge < -0.3 is 10.2 Å². The minimum absolute atomic E-state index is 0.0202. The van der Waals surface area contributed by atoms with Crippen LogP contribution in [0.15, 0.2) is 47.7 Å². The standard InChI is InChI=1S/C16H16N4O2/c1-11-6-7-12(17-10-11)18-15(22)16(2)9-14(21)19-13-5-3-4-8-20(13)16/h3-8,10H,9H2,1-2H3,(H,17,18,22). The number of hydrogen-bond donors (Lipinski definition) is 1. The molecule has 6 nitrogen and oxygen atoms in total. The van der Waals surface area contributed by atoms with Crippen molar-refractivity contribution in [1.29, 1.82) is 0 Å². The zero-order valence-electron chi connectivity index (χ0n) is 12.4. The summed E-state index contributed by atoms with van der Waals surface area (Å²) in [5, 5.41) is 2.78. The Morgan fingerprint density at radius 2 is 2.18 bits per heavy atom. The number of aromatic nitrogens is 1. The van der Waals surface area contributed by atoms with Gasteiger partial charge in [-0.2, -0.15) is 4.99 Å². The number of nitrogens with zero attached hydrogens (tertiary/aromatic N) is 3. The SMILES string of the molecule is Cc1ccc(NC(=O)C2(C)CC(=O)N=C3C=CC=CN32)nc1. The third kappa shape index (κ3) is 2.43. The first kappa shape index (κ1) is 14.2. The molecule has 0 fully saturated rings. The highest BCUT2D eigenvalue weighted by molar-refractivity contribution is 6.11. The van der Waals surface area contributed by atoms with Gasteiger partial charge in [0.25, 0.3) is 11.8 Å². The lowest BCUT2D eigenvalue weighted by Gasteiger charge is -2.41. The largest absolute Gasteiger partial charge is 0.317 e. The second kappa shape index (κ2) is 5.22. The van der Waals surface area contributed by atoms with Gasteiger partial charge in [0.1, 0.15) is 17.2 Å². The molecule has 0 radical (unpaired) electrons. The van der Waals surface area contributed by atoms with Crippen LogP contribution in [0.4, 0.5) is 5.82 Å². The number of anilines is 1. The van der Waals surface area contributed by atoms with E-state index in [1.165, 1.54) is 0 Å². The van der Waals surface area contributed by atoms with E-state index in [0.717, 1.165) is 5.56 Å². The molecule has 0 saturated heterocycles. The van der Waals surface area contributed by atoms with E-state index in [0.29, 0.717) is 11.7 Å². The normalized spacial score (nSPS) is 23.1. The topological polar surface area (TPSA) is 74.7 Å². The van der Waals surface area contributed by atoms with E-state index < -0.39 is 5.54 Å². The molecular formula is C16H16N4O2. The number of fused-ring (bicyclic) bond motifs is 1. The van der Waals surface area contributed by atoms with Crippen molar-refractivity contribution in [2.24, 2.45) is 4.99 Å². The number of pyridine rings is 1. The maximum absolute atomic E-state index is 12.7. The molecule has 1 unspecified atom stereocenters. The summed E-state index contributed by atoms with van der Waals surface area (Å²) >= 11 is 0. The molecule has 1 atom stereocenters. The predicted molar refractivity (Wildman–Crippen MR) is 83.2 cm³/mol. The van der Waals surface area contributed by atoms with E-state index in [9.17, 15) is 9.59 Å². The average molecular weight is 296 g/mol. The average Bonchev–Trinajstić information content (AvgIpc) is 2.49. The first-order valence-corrected chi connectivity index (χ1v) is 6.99. The zero-order valence-corrected chi connectivity index (χ0v) is 12.4. The molecular weight excluding hydrogens is 280 g/mol. The van der Waals surface area contributed by atoms with Gasteiger partial charge in [-0.3, -0.25) is 9.59 Å². The lowest BCUT2D eigenvalue weighted by Crippen LogP contribution is -2.58. The van der Waals surface area contributed by atoms with Crippen molar-refractivity contribution in [1.82, 2.24) is 9.88 Å². The second-order valence-corrected chi connectivity index (χ2v) is 5.56. The molecule has 0 aliphatic carbocycles. The smallest absolute Gasteiger partial charge is 0.252 e. The number of rotatable bonds is 2. The molecule has 1 aromatic heterocycles. The van der Waals surface area contributed by atoms with Gasteiger partial charge >= 0.3 is 0 Å². The van der Waals surface area contributed by atoms with Crippen LogP contribution in [0.5, 0.6) is 0 Å². The molecule has 0 bridgehead atoms. The van der Waals surface area contributed by atoms with Crippen LogP contribution >= 0.6 is 0 Å². The second-order valence-electron chi connectivity index (χ2n) is 5.56. The number of carbonyl (C=O) groups excluding carboxylic acids is 2. The number of amidine groups is 1. The number of nitrogens with one attached hydrogen (secondary N) is 1. The summed E-state index contributed by atoms with van der Waals surface area (Å²) in [6.07, 6.45) is 8.77. The highest BCUT2D eigenvalue weighted by Gasteiger charge is 2.45. The molecule has 1 aromatic rings. The number of amides is 2. The quantitative estimate of drug-likeness (QED) is 0.903. The Morgan fingerprint density at radius 3 is 2.91 bits per heavy atom. The molecule has 0 spiro atoms. The van der Waals surface area contributed by atoms with E-state index in [2.05, 4.69) is 15.3 Å². The summed E-state index contributed by atoms with van der Waals surface area (Å²) in [5.41, 5.74) is -0.0160. The Balaban J connectivity index is 1.88. The minimum Gasteiger partial charge on any atom is -0.317 e. The van der Waals surface area contributed by atoms with Gasteiger partial charge in [0.2, 0.25) is 0 Å². The fourth-order valence-corrected chi connectivity index (χ4v) is 2.47. The third-order valence-corrected chi connectivity index (χ3v) is 3.75. The van der Waals surface area contributed by atoms with Gasteiger partial charge in [-0.15, -0.1) is 0 Å². The summed E-state index contributed by atoms with van der Waals surface area (Å²) < 4.78 is 0. The molecule has 3 heterocycles. The van der Waals surface area contributed by atoms with E-state index in [1.807, 2.05) is 19.1 Å². The van der Waals surface area contributed by atoms with Crippen LogP contribution < -0.4 is 5.32 Å².